The molecule has 0 bridgehead atoms. The molecule has 1 rings (SSSR count). The Kier molecular flexibility index (Phi) is 7.82. The third-order valence-corrected chi connectivity index (χ3v) is 3.98. The molecule has 1 aliphatic carbocycles. The fraction of sp³-hybridized carbons (Fsp3) is 1.00. The van der Waals surface area contributed by atoms with E-state index in [0.717, 1.165) is 11.8 Å². The standard InChI is InChI=1S/C14H29NO3/c1-11-4-5-13(8-12(11)2)15-9-14(16)10-18-7-6-17-3/h11-16H,4-10H2,1-3H3. The number of rotatable bonds is 8. The molecule has 0 radical (unpaired) electrons. The van der Waals surface area contributed by atoms with Gasteiger partial charge < -0.3 is 19.9 Å². The van der Waals surface area contributed by atoms with Crippen molar-refractivity contribution in [2.75, 3.05) is 33.5 Å². The van der Waals surface area contributed by atoms with Crippen LogP contribution < -0.4 is 5.32 Å². The summed E-state index contributed by atoms with van der Waals surface area (Å²) in [5.41, 5.74) is 0. The maximum Gasteiger partial charge on any atom is 0.0897 e. The van der Waals surface area contributed by atoms with Gasteiger partial charge in [-0.25, -0.2) is 0 Å². The second-order valence-electron chi connectivity index (χ2n) is 5.59. The van der Waals surface area contributed by atoms with Crippen LogP contribution in [0.15, 0.2) is 0 Å². The molecule has 0 aromatic carbocycles. The highest BCUT2D eigenvalue weighted by Crippen LogP contribution is 2.29. The van der Waals surface area contributed by atoms with Crippen molar-refractivity contribution in [1.29, 1.82) is 0 Å². The lowest BCUT2D eigenvalue weighted by Crippen LogP contribution is -2.41. The minimum Gasteiger partial charge on any atom is -0.389 e. The van der Waals surface area contributed by atoms with Gasteiger partial charge in [-0.3, -0.25) is 0 Å². The predicted molar refractivity (Wildman–Crippen MR) is 72.7 cm³/mol. The van der Waals surface area contributed by atoms with Crippen LogP contribution in [-0.4, -0.2) is 50.7 Å². The summed E-state index contributed by atoms with van der Waals surface area (Å²) in [5.74, 6) is 1.62. The van der Waals surface area contributed by atoms with Gasteiger partial charge in [0.2, 0.25) is 0 Å². The van der Waals surface area contributed by atoms with Crippen molar-refractivity contribution >= 4 is 0 Å². The molecule has 0 amide bonds. The Bertz CT molecular complexity index is 213. The van der Waals surface area contributed by atoms with Crippen LogP contribution >= 0.6 is 0 Å². The van der Waals surface area contributed by atoms with E-state index in [1.807, 2.05) is 0 Å². The molecule has 108 valence electrons. The summed E-state index contributed by atoms with van der Waals surface area (Å²) >= 11 is 0. The van der Waals surface area contributed by atoms with Crippen molar-refractivity contribution < 1.29 is 14.6 Å². The van der Waals surface area contributed by atoms with Crippen LogP contribution in [-0.2, 0) is 9.47 Å². The minimum atomic E-state index is -0.420. The fourth-order valence-corrected chi connectivity index (χ4v) is 2.46. The lowest BCUT2D eigenvalue weighted by atomic mass is 9.79. The average Bonchev–Trinajstić information content (AvgIpc) is 2.36. The van der Waals surface area contributed by atoms with E-state index in [1.54, 1.807) is 7.11 Å². The van der Waals surface area contributed by atoms with E-state index in [2.05, 4.69) is 19.2 Å². The van der Waals surface area contributed by atoms with Crippen molar-refractivity contribution in [3.63, 3.8) is 0 Å². The van der Waals surface area contributed by atoms with Crippen LogP contribution in [0.3, 0.4) is 0 Å². The van der Waals surface area contributed by atoms with Crippen molar-refractivity contribution in [3.8, 4) is 0 Å². The van der Waals surface area contributed by atoms with E-state index in [9.17, 15) is 5.11 Å². The van der Waals surface area contributed by atoms with Gasteiger partial charge in [0.05, 0.1) is 25.9 Å². The third kappa shape index (κ3) is 6.14. The van der Waals surface area contributed by atoms with Gasteiger partial charge in [0.15, 0.2) is 0 Å². The summed E-state index contributed by atoms with van der Waals surface area (Å²) in [6.07, 6.45) is 3.32. The number of methoxy groups -OCH3 is 1. The fourth-order valence-electron chi connectivity index (χ4n) is 2.46. The summed E-state index contributed by atoms with van der Waals surface area (Å²) in [6.45, 7) is 6.79. The molecule has 4 heteroatoms. The molecule has 0 spiro atoms. The molecule has 0 heterocycles. The van der Waals surface area contributed by atoms with E-state index >= 15 is 0 Å². The normalized spacial score (nSPS) is 30.3. The first-order valence-electron chi connectivity index (χ1n) is 7.11. The van der Waals surface area contributed by atoms with Gasteiger partial charge in [-0.2, -0.15) is 0 Å². The van der Waals surface area contributed by atoms with Gasteiger partial charge in [0.25, 0.3) is 0 Å². The Hall–Kier alpha value is -0.160. The summed E-state index contributed by atoms with van der Waals surface area (Å²) in [5, 5.41) is 13.2. The Labute approximate surface area is 111 Å². The molecule has 1 saturated carbocycles. The van der Waals surface area contributed by atoms with Crippen LogP contribution in [0.1, 0.15) is 33.1 Å². The van der Waals surface area contributed by atoms with E-state index < -0.39 is 6.10 Å². The number of aliphatic hydroxyl groups excluding tert-OH is 1. The molecule has 0 aromatic rings. The van der Waals surface area contributed by atoms with Gasteiger partial charge in [-0.15, -0.1) is 0 Å². The van der Waals surface area contributed by atoms with Gasteiger partial charge in [-0.05, 0) is 31.1 Å². The van der Waals surface area contributed by atoms with Gasteiger partial charge in [-0.1, -0.05) is 13.8 Å². The predicted octanol–water partition coefficient (Wildman–Crippen LogP) is 1.42. The Morgan fingerprint density at radius 3 is 2.67 bits per heavy atom. The first-order chi connectivity index (χ1) is 8.63. The van der Waals surface area contributed by atoms with Crippen molar-refractivity contribution in [3.05, 3.63) is 0 Å². The average molecular weight is 259 g/mol. The molecular weight excluding hydrogens is 230 g/mol. The first kappa shape index (κ1) is 15.9. The van der Waals surface area contributed by atoms with E-state index in [-0.39, 0.29) is 0 Å². The number of ether oxygens (including phenoxy) is 2. The number of nitrogens with one attached hydrogen (secondary N) is 1. The van der Waals surface area contributed by atoms with E-state index in [4.69, 9.17) is 9.47 Å². The molecular formula is C14H29NO3. The minimum absolute atomic E-state index is 0.384. The monoisotopic (exact) mass is 259 g/mol. The van der Waals surface area contributed by atoms with E-state index in [1.165, 1.54) is 19.3 Å². The highest BCUT2D eigenvalue weighted by molar-refractivity contribution is 4.80. The number of hydrogen-bond acceptors (Lipinski definition) is 4. The SMILES string of the molecule is COCCOCC(O)CNC1CCC(C)C(C)C1. The maximum atomic E-state index is 9.77. The third-order valence-electron chi connectivity index (χ3n) is 3.98. The summed E-state index contributed by atoms with van der Waals surface area (Å²) in [4.78, 5) is 0. The van der Waals surface area contributed by atoms with Gasteiger partial charge in [0.1, 0.15) is 0 Å². The quantitative estimate of drug-likeness (QED) is 0.647. The zero-order valence-corrected chi connectivity index (χ0v) is 12.0. The van der Waals surface area contributed by atoms with Crippen molar-refractivity contribution in [1.82, 2.24) is 5.32 Å². The van der Waals surface area contributed by atoms with Gasteiger partial charge >= 0.3 is 0 Å². The van der Waals surface area contributed by atoms with Crippen molar-refractivity contribution in [2.24, 2.45) is 11.8 Å². The highest BCUT2D eigenvalue weighted by Gasteiger charge is 2.24. The number of hydrogen-bond donors (Lipinski definition) is 2. The Morgan fingerprint density at radius 2 is 2.00 bits per heavy atom. The van der Waals surface area contributed by atoms with E-state index in [0.29, 0.717) is 32.4 Å². The maximum absolute atomic E-state index is 9.77. The molecule has 0 aromatic heterocycles. The summed E-state index contributed by atoms with van der Waals surface area (Å²) in [7, 11) is 1.65. The molecule has 4 unspecified atom stereocenters. The topological polar surface area (TPSA) is 50.7 Å². The molecule has 4 atom stereocenters. The summed E-state index contributed by atoms with van der Waals surface area (Å²) in [6, 6.07) is 0.560. The van der Waals surface area contributed by atoms with Crippen LogP contribution in [0.5, 0.6) is 0 Å². The zero-order valence-electron chi connectivity index (χ0n) is 12.0. The van der Waals surface area contributed by atoms with Gasteiger partial charge in [0, 0.05) is 19.7 Å². The first-order valence-corrected chi connectivity index (χ1v) is 7.11. The largest absolute Gasteiger partial charge is 0.389 e. The Morgan fingerprint density at radius 1 is 1.22 bits per heavy atom. The van der Waals surface area contributed by atoms with Crippen LogP contribution in [0.4, 0.5) is 0 Å². The molecule has 0 aliphatic heterocycles. The molecule has 0 saturated heterocycles. The second-order valence-corrected chi connectivity index (χ2v) is 5.59. The highest BCUT2D eigenvalue weighted by atomic mass is 16.5. The molecule has 2 N–H and O–H groups in total. The summed E-state index contributed by atoms with van der Waals surface area (Å²) < 4.78 is 10.2. The molecule has 1 fully saturated rings. The lowest BCUT2D eigenvalue weighted by molar-refractivity contribution is 0.0119. The lowest BCUT2D eigenvalue weighted by Gasteiger charge is -2.33. The second kappa shape index (κ2) is 8.86. The van der Waals surface area contributed by atoms with Crippen LogP contribution in [0.25, 0.3) is 0 Å². The smallest absolute Gasteiger partial charge is 0.0897 e. The zero-order chi connectivity index (χ0) is 13.4. The molecule has 18 heavy (non-hydrogen) atoms. The molecule has 4 nitrogen and oxygen atoms in total. The van der Waals surface area contributed by atoms with Crippen LogP contribution in [0.2, 0.25) is 0 Å². The van der Waals surface area contributed by atoms with Crippen LogP contribution in [0, 0.1) is 11.8 Å². The Balaban J connectivity index is 2.05. The molecule has 1 aliphatic rings. The van der Waals surface area contributed by atoms with Crippen molar-refractivity contribution in [2.45, 2.75) is 45.3 Å². The number of aliphatic hydroxyl groups is 1.